The molecule has 2 aromatic carbocycles. The number of nitrogens with one attached hydrogen (secondary N) is 2. The number of hydrogen-bond acceptors (Lipinski definition) is 3. The maximum absolute atomic E-state index is 12.4. The van der Waals surface area contributed by atoms with Crippen molar-refractivity contribution in [3.8, 4) is 0 Å². The summed E-state index contributed by atoms with van der Waals surface area (Å²) < 4.78 is 0. The Bertz CT molecular complexity index is 680. The number of amides is 1. The summed E-state index contributed by atoms with van der Waals surface area (Å²) in [6.07, 6.45) is 0. The fourth-order valence-corrected chi connectivity index (χ4v) is 3.30. The van der Waals surface area contributed by atoms with E-state index >= 15 is 0 Å². The molecule has 23 heavy (non-hydrogen) atoms. The minimum Gasteiger partial charge on any atom is -0.348 e. The predicted octanol–water partition coefficient (Wildman–Crippen LogP) is 2.31. The van der Waals surface area contributed by atoms with Gasteiger partial charge in [-0.3, -0.25) is 9.69 Å². The molecule has 4 nitrogen and oxygen atoms in total. The second kappa shape index (κ2) is 7.11. The summed E-state index contributed by atoms with van der Waals surface area (Å²) in [5, 5.41) is 8.92. The molecule has 0 spiro atoms. The fraction of sp³-hybridized carbons (Fsp3) is 0.421. The quantitative estimate of drug-likeness (QED) is 0.911. The van der Waals surface area contributed by atoms with Crippen molar-refractivity contribution in [1.82, 2.24) is 15.5 Å². The summed E-state index contributed by atoms with van der Waals surface area (Å²) in [6.45, 7) is 7.52. The minimum absolute atomic E-state index is 0.00632. The summed E-state index contributed by atoms with van der Waals surface area (Å²) >= 11 is 0. The molecule has 0 radical (unpaired) electrons. The highest BCUT2D eigenvalue weighted by Crippen LogP contribution is 2.23. The van der Waals surface area contributed by atoms with E-state index in [2.05, 4.69) is 59.7 Å². The maximum atomic E-state index is 12.4. The van der Waals surface area contributed by atoms with E-state index in [1.54, 1.807) is 0 Å². The number of benzene rings is 2. The molecule has 0 aromatic heterocycles. The third kappa shape index (κ3) is 3.71. The number of nitrogens with zero attached hydrogens (tertiary/aromatic N) is 1. The standard InChI is InChI=1S/C19H25N3O/c1-14-12-20-10-11-22(14)13-19(23)21-15(2)17-9-5-7-16-6-3-4-8-18(16)17/h3-9,14-15,20H,10-13H2,1-2H3,(H,21,23)/t14-,15?/m0/s1. The molecule has 2 aromatic rings. The number of fused-ring (bicyclic) bond motifs is 1. The summed E-state index contributed by atoms with van der Waals surface area (Å²) in [4.78, 5) is 14.6. The Morgan fingerprint density at radius 2 is 2.09 bits per heavy atom. The van der Waals surface area contributed by atoms with E-state index in [-0.39, 0.29) is 11.9 Å². The van der Waals surface area contributed by atoms with Gasteiger partial charge in [0.2, 0.25) is 5.91 Å². The lowest BCUT2D eigenvalue weighted by Gasteiger charge is -2.33. The zero-order valence-corrected chi connectivity index (χ0v) is 13.9. The van der Waals surface area contributed by atoms with Crippen LogP contribution in [0.4, 0.5) is 0 Å². The first kappa shape index (κ1) is 16.0. The number of rotatable bonds is 4. The molecule has 1 aliphatic rings. The van der Waals surface area contributed by atoms with E-state index in [1.165, 1.54) is 16.3 Å². The molecule has 1 fully saturated rings. The van der Waals surface area contributed by atoms with E-state index in [1.807, 2.05) is 12.1 Å². The van der Waals surface area contributed by atoms with Gasteiger partial charge in [-0.1, -0.05) is 42.5 Å². The van der Waals surface area contributed by atoms with Crippen LogP contribution in [0.25, 0.3) is 10.8 Å². The molecule has 1 amide bonds. The molecule has 1 saturated heterocycles. The van der Waals surface area contributed by atoms with Gasteiger partial charge in [-0.15, -0.1) is 0 Å². The van der Waals surface area contributed by atoms with Crippen LogP contribution in [0.2, 0.25) is 0 Å². The highest BCUT2D eigenvalue weighted by atomic mass is 16.2. The number of carbonyl (C=O) groups excluding carboxylic acids is 1. The van der Waals surface area contributed by atoms with Gasteiger partial charge < -0.3 is 10.6 Å². The van der Waals surface area contributed by atoms with Crippen molar-refractivity contribution in [1.29, 1.82) is 0 Å². The van der Waals surface area contributed by atoms with Crippen molar-refractivity contribution in [2.75, 3.05) is 26.2 Å². The van der Waals surface area contributed by atoms with Crippen LogP contribution in [0.5, 0.6) is 0 Å². The predicted molar refractivity (Wildman–Crippen MR) is 94.4 cm³/mol. The zero-order chi connectivity index (χ0) is 16.2. The van der Waals surface area contributed by atoms with Gasteiger partial charge in [0.1, 0.15) is 0 Å². The van der Waals surface area contributed by atoms with Gasteiger partial charge in [-0.2, -0.15) is 0 Å². The molecule has 1 aliphatic heterocycles. The van der Waals surface area contributed by atoms with Crippen LogP contribution < -0.4 is 10.6 Å². The number of hydrogen-bond donors (Lipinski definition) is 2. The molecular formula is C19H25N3O. The third-order valence-corrected chi connectivity index (χ3v) is 4.65. The molecule has 4 heteroatoms. The van der Waals surface area contributed by atoms with Crippen molar-refractivity contribution in [2.24, 2.45) is 0 Å². The zero-order valence-electron chi connectivity index (χ0n) is 13.9. The van der Waals surface area contributed by atoms with Gasteiger partial charge in [0.15, 0.2) is 0 Å². The van der Waals surface area contributed by atoms with Gasteiger partial charge in [0.05, 0.1) is 12.6 Å². The van der Waals surface area contributed by atoms with Crippen LogP contribution in [0.15, 0.2) is 42.5 Å². The maximum Gasteiger partial charge on any atom is 0.234 e. The van der Waals surface area contributed by atoms with Crippen LogP contribution >= 0.6 is 0 Å². The molecule has 1 unspecified atom stereocenters. The lowest BCUT2D eigenvalue weighted by Crippen LogP contribution is -2.52. The van der Waals surface area contributed by atoms with Crippen molar-refractivity contribution >= 4 is 16.7 Å². The van der Waals surface area contributed by atoms with Gasteiger partial charge in [0, 0.05) is 25.7 Å². The molecule has 0 saturated carbocycles. The van der Waals surface area contributed by atoms with Gasteiger partial charge in [0.25, 0.3) is 0 Å². The first-order valence-corrected chi connectivity index (χ1v) is 8.37. The molecule has 1 heterocycles. The average Bonchev–Trinajstić information content (AvgIpc) is 2.56. The number of carbonyl (C=O) groups is 1. The van der Waals surface area contributed by atoms with E-state index < -0.39 is 0 Å². The second-order valence-corrected chi connectivity index (χ2v) is 6.38. The Kier molecular flexibility index (Phi) is 4.94. The Balaban J connectivity index is 1.68. The van der Waals surface area contributed by atoms with Crippen LogP contribution in [0.1, 0.15) is 25.5 Å². The van der Waals surface area contributed by atoms with E-state index in [0.717, 1.165) is 19.6 Å². The van der Waals surface area contributed by atoms with Gasteiger partial charge in [-0.05, 0) is 30.2 Å². The Morgan fingerprint density at radius 1 is 1.30 bits per heavy atom. The molecule has 2 N–H and O–H groups in total. The van der Waals surface area contributed by atoms with Crippen molar-refractivity contribution in [2.45, 2.75) is 25.9 Å². The Morgan fingerprint density at radius 3 is 2.91 bits per heavy atom. The topological polar surface area (TPSA) is 44.4 Å². The average molecular weight is 311 g/mol. The van der Waals surface area contributed by atoms with Crippen molar-refractivity contribution in [3.63, 3.8) is 0 Å². The molecule has 2 atom stereocenters. The smallest absolute Gasteiger partial charge is 0.234 e. The summed E-state index contributed by atoms with van der Waals surface area (Å²) in [5.41, 5.74) is 1.17. The summed E-state index contributed by atoms with van der Waals surface area (Å²) in [6, 6.07) is 15.0. The first-order chi connectivity index (χ1) is 11.1. The van der Waals surface area contributed by atoms with E-state index in [0.29, 0.717) is 12.6 Å². The number of piperazine rings is 1. The molecule has 0 bridgehead atoms. The molecule has 122 valence electrons. The van der Waals surface area contributed by atoms with Gasteiger partial charge in [-0.25, -0.2) is 0 Å². The van der Waals surface area contributed by atoms with E-state index in [9.17, 15) is 4.79 Å². The largest absolute Gasteiger partial charge is 0.348 e. The molecular weight excluding hydrogens is 286 g/mol. The summed E-state index contributed by atoms with van der Waals surface area (Å²) in [7, 11) is 0. The normalized spacial score (nSPS) is 20.3. The van der Waals surface area contributed by atoms with Crippen molar-refractivity contribution < 1.29 is 4.79 Å². The van der Waals surface area contributed by atoms with Crippen LogP contribution in [0, 0.1) is 0 Å². The highest BCUT2D eigenvalue weighted by Gasteiger charge is 2.21. The first-order valence-electron chi connectivity index (χ1n) is 8.37. The van der Waals surface area contributed by atoms with Crippen LogP contribution in [0.3, 0.4) is 0 Å². The van der Waals surface area contributed by atoms with Crippen LogP contribution in [-0.4, -0.2) is 43.0 Å². The van der Waals surface area contributed by atoms with E-state index in [4.69, 9.17) is 0 Å². The Labute approximate surface area is 137 Å². The SMILES string of the molecule is CC(NC(=O)CN1CCNC[C@@H]1C)c1cccc2ccccc12. The highest BCUT2D eigenvalue weighted by molar-refractivity contribution is 5.87. The Hall–Kier alpha value is -1.91. The lowest BCUT2D eigenvalue weighted by atomic mass is 10.00. The second-order valence-electron chi connectivity index (χ2n) is 6.38. The van der Waals surface area contributed by atoms with Crippen LogP contribution in [-0.2, 0) is 4.79 Å². The minimum atomic E-state index is 0.00632. The summed E-state index contributed by atoms with van der Waals surface area (Å²) in [5.74, 6) is 0.0965. The van der Waals surface area contributed by atoms with Crippen molar-refractivity contribution in [3.05, 3.63) is 48.0 Å². The monoisotopic (exact) mass is 311 g/mol. The van der Waals surface area contributed by atoms with Gasteiger partial charge >= 0.3 is 0 Å². The fourth-order valence-electron chi connectivity index (χ4n) is 3.30. The molecule has 3 rings (SSSR count). The lowest BCUT2D eigenvalue weighted by molar-refractivity contribution is -0.123. The third-order valence-electron chi connectivity index (χ3n) is 4.65. The molecule has 0 aliphatic carbocycles.